The zero-order valence-electron chi connectivity index (χ0n) is 36.6. The minimum Gasteiger partial charge on any atom is -0.462 e. The van der Waals surface area contributed by atoms with E-state index in [-0.39, 0.29) is 32.0 Å². The monoisotopic (exact) mass is 814 g/mol. The van der Waals surface area contributed by atoms with Gasteiger partial charge in [-0.15, -0.1) is 0 Å². The van der Waals surface area contributed by atoms with Crippen molar-refractivity contribution in [2.75, 3.05) is 33.4 Å². The largest absolute Gasteiger partial charge is 0.472 e. The molecule has 2 unspecified atom stereocenters. The molecule has 0 aromatic heterocycles. The van der Waals surface area contributed by atoms with E-state index in [2.05, 4.69) is 43.5 Å². The number of rotatable bonds is 44. The zero-order chi connectivity index (χ0) is 41.1. The van der Waals surface area contributed by atoms with E-state index in [1.807, 2.05) is 0 Å². The van der Waals surface area contributed by atoms with Gasteiger partial charge in [0, 0.05) is 19.4 Å². The lowest BCUT2D eigenvalue weighted by molar-refractivity contribution is -0.161. The van der Waals surface area contributed by atoms with Crippen LogP contribution in [0.15, 0.2) is 24.3 Å². The van der Waals surface area contributed by atoms with Gasteiger partial charge in [-0.05, 0) is 71.3 Å². The van der Waals surface area contributed by atoms with E-state index >= 15 is 0 Å². The van der Waals surface area contributed by atoms with Crippen LogP contribution in [0.25, 0.3) is 0 Å². The molecule has 0 aliphatic carbocycles. The second kappa shape index (κ2) is 43.1. The van der Waals surface area contributed by atoms with Crippen molar-refractivity contribution in [1.29, 1.82) is 0 Å². The molecule has 0 saturated heterocycles. The Morgan fingerprint density at radius 3 is 1.34 bits per heavy atom. The van der Waals surface area contributed by atoms with Gasteiger partial charge in [-0.3, -0.25) is 18.6 Å². The van der Waals surface area contributed by atoms with Gasteiger partial charge in [0.15, 0.2) is 6.10 Å². The number of likely N-dealkylation sites (N-methyl/N-ethyl adjacent to an activating group) is 1. The molecule has 56 heavy (non-hydrogen) atoms. The molecule has 0 spiro atoms. The van der Waals surface area contributed by atoms with Gasteiger partial charge in [0.2, 0.25) is 0 Å². The van der Waals surface area contributed by atoms with Crippen LogP contribution in [0.4, 0.5) is 0 Å². The lowest BCUT2D eigenvalue weighted by Crippen LogP contribution is -2.29. The van der Waals surface area contributed by atoms with Gasteiger partial charge in [0.1, 0.15) is 6.61 Å². The molecule has 0 aliphatic heterocycles. The molecule has 0 aromatic carbocycles. The molecule has 0 bridgehead atoms. The quantitative estimate of drug-likeness (QED) is 0.0268. The number of phosphoric acid groups is 1. The summed E-state index contributed by atoms with van der Waals surface area (Å²) >= 11 is 0. The van der Waals surface area contributed by atoms with Crippen LogP contribution in [0, 0.1) is 0 Å². The second-order valence-corrected chi connectivity index (χ2v) is 17.0. The molecule has 0 rings (SSSR count). The molecule has 0 fully saturated rings. The summed E-state index contributed by atoms with van der Waals surface area (Å²) in [5.74, 6) is -0.811. The predicted molar refractivity (Wildman–Crippen MR) is 234 cm³/mol. The van der Waals surface area contributed by atoms with E-state index in [1.54, 1.807) is 7.05 Å². The molecular formula is C46H88NO8P. The predicted octanol–water partition coefficient (Wildman–Crippen LogP) is 13.4. The van der Waals surface area contributed by atoms with Crippen LogP contribution < -0.4 is 5.32 Å². The number of allylic oxidation sites excluding steroid dienone is 4. The third-order valence-electron chi connectivity index (χ3n) is 10.0. The number of nitrogens with one attached hydrogen (secondary N) is 1. The first kappa shape index (κ1) is 54.5. The first-order valence-corrected chi connectivity index (χ1v) is 24.8. The smallest absolute Gasteiger partial charge is 0.462 e. The van der Waals surface area contributed by atoms with E-state index in [0.717, 1.165) is 51.4 Å². The fraction of sp³-hybridized carbons (Fsp3) is 0.870. The van der Waals surface area contributed by atoms with E-state index < -0.39 is 26.5 Å². The maximum Gasteiger partial charge on any atom is 0.472 e. The Hall–Kier alpha value is -1.51. The lowest BCUT2D eigenvalue weighted by atomic mass is 10.0. The molecule has 0 saturated carbocycles. The molecule has 0 radical (unpaired) electrons. The molecule has 0 aliphatic rings. The fourth-order valence-corrected chi connectivity index (χ4v) is 7.24. The first-order chi connectivity index (χ1) is 27.3. The third-order valence-corrected chi connectivity index (χ3v) is 11.0. The van der Waals surface area contributed by atoms with Crippen molar-refractivity contribution in [3.05, 3.63) is 24.3 Å². The Kier molecular flexibility index (Phi) is 41.9. The summed E-state index contributed by atoms with van der Waals surface area (Å²) in [6, 6.07) is 0. The summed E-state index contributed by atoms with van der Waals surface area (Å²) in [7, 11) is -2.65. The number of hydrogen-bond donors (Lipinski definition) is 2. The standard InChI is InChI=1S/C46H88NO8P/c1-4-6-8-10-12-14-16-18-19-20-21-22-23-24-25-27-29-31-33-35-37-39-46(49)55-44(43-54-56(50,51)53-41-40-47-3)42-52-45(48)38-36-34-32-30-28-26-17-15-13-11-9-7-5-2/h15,17-19,44,47H,4-14,16,20-43H2,1-3H3,(H,50,51)/b17-15-,19-18-. The van der Waals surface area contributed by atoms with Gasteiger partial charge in [-0.25, -0.2) is 4.57 Å². The van der Waals surface area contributed by atoms with Crippen LogP contribution in [0.1, 0.15) is 219 Å². The van der Waals surface area contributed by atoms with Crippen LogP contribution >= 0.6 is 7.82 Å². The number of carbonyl (C=O) groups excluding carboxylic acids is 2. The van der Waals surface area contributed by atoms with Gasteiger partial charge in [-0.1, -0.05) is 167 Å². The number of unbranched alkanes of at least 4 members (excludes halogenated alkanes) is 26. The summed E-state index contributed by atoms with van der Waals surface area (Å²) in [5, 5.41) is 2.83. The zero-order valence-corrected chi connectivity index (χ0v) is 37.5. The van der Waals surface area contributed by atoms with E-state index in [1.165, 1.54) is 135 Å². The number of phosphoric ester groups is 1. The highest BCUT2D eigenvalue weighted by Gasteiger charge is 2.26. The van der Waals surface area contributed by atoms with Gasteiger partial charge >= 0.3 is 19.8 Å². The molecule has 10 heteroatoms. The SMILES string of the molecule is CCCCCC/C=C\CCCCCCCC(=O)OCC(COP(=O)(O)OCCNC)OC(=O)CCCCCCCCCCCCC/C=C\CCCCCCCC. The van der Waals surface area contributed by atoms with Crippen molar-refractivity contribution in [2.45, 2.75) is 225 Å². The molecule has 0 aromatic rings. The normalized spacial score (nSPS) is 13.4. The summed E-state index contributed by atoms with van der Waals surface area (Å²) in [6.07, 6.45) is 45.1. The molecule has 9 nitrogen and oxygen atoms in total. The number of carbonyl (C=O) groups is 2. The fourth-order valence-electron chi connectivity index (χ4n) is 6.48. The van der Waals surface area contributed by atoms with Crippen molar-refractivity contribution in [2.24, 2.45) is 0 Å². The van der Waals surface area contributed by atoms with Crippen LogP contribution in [-0.2, 0) is 32.7 Å². The first-order valence-electron chi connectivity index (χ1n) is 23.3. The molecule has 2 atom stereocenters. The van der Waals surface area contributed by atoms with Gasteiger partial charge < -0.3 is 19.7 Å². The third kappa shape index (κ3) is 42.1. The van der Waals surface area contributed by atoms with Gasteiger partial charge in [0.05, 0.1) is 13.2 Å². The van der Waals surface area contributed by atoms with Crippen molar-refractivity contribution in [1.82, 2.24) is 5.32 Å². The maximum absolute atomic E-state index is 12.6. The summed E-state index contributed by atoms with van der Waals surface area (Å²) in [4.78, 5) is 35.1. The molecule has 0 heterocycles. The van der Waals surface area contributed by atoms with E-state index in [4.69, 9.17) is 18.5 Å². The Bertz CT molecular complexity index is 975. The Morgan fingerprint density at radius 1 is 0.536 bits per heavy atom. The lowest BCUT2D eigenvalue weighted by Gasteiger charge is -2.20. The minimum atomic E-state index is -4.35. The van der Waals surface area contributed by atoms with Crippen LogP contribution in [0.3, 0.4) is 0 Å². The van der Waals surface area contributed by atoms with Crippen LogP contribution in [0.2, 0.25) is 0 Å². The van der Waals surface area contributed by atoms with Crippen molar-refractivity contribution < 1.29 is 37.6 Å². The highest BCUT2D eigenvalue weighted by Crippen LogP contribution is 2.43. The Labute approximate surface area is 344 Å². The van der Waals surface area contributed by atoms with Crippen molar-refractivity contribution in [3.8, 4) is 0 Å². The number of ether oxygens (including phenoxy) is 2. The molecule has 330 valence electrons. The van der Waals surface area contributed by atoms with Gasteiger partial charge in [-0.2, -0.15) is 0 Å². The Morgan fingerprint density at radius 2 is 0.911 bits per heavy atom. The van der Waals surface area contributed by atoms with Gasteiger partial charge in [0.25, 0.3) is 0 Å². The topological polar surface area (TPSA) is 120 Å². The average Bonchev–Trinajstić information content (AvgIpc) is 3.18. The van der Waals surface area contributed by atoms with E-state index in [0.29, 0.717) is 13.0 Å². The molecular weight excluding hydrogens is 725 g/mol. The summed E-state index contributed by atoms with van der Waals surface area (Å²) in [5.41, 5.74) is 0. The van der Waals surface area contributed by atoms with E-state index in [9.17, 15) is 19.0 Å². The molecule has 0 amide bonds. The highest BCUT2D eigenvalue weighted by atomic mass is 31.2. The number of esters is 2. The average molecular weight is 814 g/mol. The van der Waals surface area contributed by atoms with Crippen LogP contribution in [0.5, 0.6) is 0 Å². The summed E-state index contributed by atoms with van der Waals surface area (Å²) in [6.45, 7) is 4.22. The minimum absolute atomic E-state index is 0.0168. The summed E-state index contributed by atoms with van der Waals surface area (Å²) < 4.78 is 33.2. The van der Waals surface area contributed by atoms with Crippen LogP contribution in [-0.4, -0.2) is 56.3 Å². The van der Waals surface area contributed by atoms with Crippen molar-refractivity contribution >= 4 is 19.8 Å². The highest BCUT2D eigenvalue weighted by molar-refractivity contribution is 7.47. The van der Waals surface area contributed by atoms with Crippen molar-refractivity contribution in [3.63, 3.8) is 0 Å². The maximum atomic E-state index is 12.6. The number of hydrogen-bond acceptors (Lipinski definition) is 8. The Balaban J connectivity index is 4.13. The second-order valence-electron chi connectivity index (χ2n) is 15.6. The molecule has 2 N–H and O–H groups in total.